The number of hydrogen-bond acceptors (Lipinski definition) is 6. The van der Waals surface area contributed by atoms with Crippen molar-refractivity contribution in [3.8, 4) is 11.1 Å². The molecular formula is C38H45FN4O4. The second-order valence-corrected chi connectivity index (χ2v) is 12.6. The number of nitrogens with one attached hydrogen (secondary N) is 1. The Morgan fingerprint density at radius 2 is 1.77 bits per heavy atom. The van der Waals surface area contributed by atoms with Gasteiger partial charge < -0.3 is 19.7 Å². The third-order valence-electron chi connectivity index (χ3n) is 9.66. The summed E-state index contributed by atoms with van der Waals surface area (Å²) in [6.07, 6.45) is 5.70. The number of benzene rings is 2. The number of carbonyl (C=O) groups is 2. The molecule has 47 heavy (non-hydrogen) atoms. The summed E-state index contributed by atoms with van der Waals surface area (Å²) in [5.41, 5.74) is 7.93. The van der Waals surface area contributed by atoms with E-state index in [1.54, 1.807) is 6.08 Å². The minimum Gasteiger partial charge on any atom is -0.381 e. The SMILES string of the molecule is CCC1=NC(=O)C(CNC(=O)c2cc(-c3ccc(CN4CCOCC4)cc3)cc(N(CC)C3CCOCC3)c2C)=C2C=CC(F)C=C12. The largest absolute Gasteiger partial charge is 0.381 e. The standard InChI is InChI=1S/C38H45FN4O4/c1-4-35-33-22-29(39)10-11-31(33)34(38(45)41-35)23-40-37(44)32-20-28(21-36(25(32)3)43(5-2)30-12-16-46-17-13-30)27-8-6-26(7-9-27)24-42-14-18-47-19-15-42/h6-11,20-22,29-30H,4-5,12-19,23-24H2,1-3H3,(H,40,44). The molecule has 0 spiro atoms. The lowest BCUT2D eigenvalue weighted by Gasteiger charge is -2.37. The van der Waals surface area contributed by atoms with Crippen LogP contribution in [0.2, 0.25) is 0 Å². The fourth-order valence-electron chi connectivity index (χ4n) is 7.01. The topological polar surface area (TPSA) is 83.5 Å². The molecule has 2 aromatic rings. The van der Waals surface area contributed by atoms with E-state index in [9.17, 15) is 14.0 Å². The summed E-state index contributed by atoms with van der Waals surface area (Å²) in [6.45, 7) is 12.6. The van der Waals surface area contributed by atoms with Crippen molar-refractivity contribution in [2.45, 2.75) is 58.8 Å². The molecule has 3 heterocycles. The fourth-order valence-corrected chi connectivity index (χ4v) is 7.01. The number of rotatable bonds is 10. The van der Waals surface area contributed by atoms with Gasteiger partial charge in [0.1, 0.15) is 6.17 Å². The molecule has 0 aromatic heterocycles. The van der Waals surface area contributed by atoms with Crippen LogP contribution >= 0.6 is 0 Å². The first kappa shape index (κ1) is 33.0. The number of anilines is 1. The molecule has 0 saturated carbocycles. The second kappa shape index (κ2) is 14.9. The van der Waals surface area contributed by atoms with Crippen LogP contribution in [-0.2, 0) is 20.8 Å². The van der Waals surface area contributed by atoms with E-state index in [1.165, 1.54) is 17.7 Å². The molecule has 248 valence electrons. The van der Waals surface area contributed by atoms with Crippen molar-refractivity contribution < 1.29 is 23.5 Å². The Labute approximate surface area is 277 Å². The van der Waals surface area contributed by atoms with Gasteiger partial charge in [0.25, 0.3) is 11.8 Å². The van der Waals surface area contributed by atoms with Crippen molar-refractivity contribution in [2.24, 2.45) is 4.99 Å². The Morgan fingerprint density at radius 1 is 1.04 bits per heavy atom. The monoisotopic (exact) mass is 640 g/mol. The molecule has 2 amide bonds. The number of morpholine rings is 1. The highest BCUT2D eigenvalue weighted by atomic mass is 19.1. The van der Waals surface area contributed by atoms with Gasteiger partial charge in [0.05, 0.1) is 18.9 Å². The number of allylic oxidation sites excluding steroid dienone is 5. The quantitative estimate of drug-likeness (QED) is 0.356. The van der Waals surface area contributed by atoms with Crippen molar-refractivity contribution in [2.75, 3.05) is 57.5 Å². The molecular weight excluding hydrogens is 595 g/mol. The van der Waals surface area contributed by atoms with E-state index < -0.39 is 12.1 Å². The summed E-state index contributed by atoms with van der Waals surface area (Å²) in [5, 5.41) is 3.02. The number of carbonyl (C=O) groups excluding carboxylic acids is 2. The van der Waals surface area contributed by atoms with Gasteiger partial charge in [-0.15, -0.1) is 0 Å². The van der Waals surface area contributed by atoms with Crippen LogP contribution < -0.4 is 10.2 Å². The number of dihydropyridines is 1. The maximum atomic E-state index is 14.2. The molecule has 1 N–H and O–H groups in total. The van der Waals surface area contributed by atoms with Crippen LogP contribution in [0.4, 0.5) is 10.1 Å². The van der Waals surface area contributed by atoms with Crippen LogP contribution in [0.5, 0.6) is 0 Å². The maximum absolute atomic E-state index is 14.2. The van der Waals surface area contributed by atoms with Crippen molar-refractivity contribution in [3.05, 3.63) is 88.0 Å². The molecule has 8 nitrogen and oxygen atoms in total. The Morgan fingerprint density at radius 3 is 2.47 bits per heavy atom. The van der Waals surface area contributed by atoms with Crippen molar-refractivity contribution >= 4 is 23.2 Å². The minimum absolute atomic E-state index is 0.00117. The van der Waals surface area contributed by atoms with Crippen molar-refractivity contribution in [3.63, 3.8) is 0 Å². The highest BCUT2D eigenvalue weighted by molar-refractivity contribution is 6.18. The third-order valence-corrected chi connectivity index (χ3v) is 9.66. The van der Waals surface area contributed by atoms with Gasteiger partial charge in [-0.3, -0.25) is 14.5 Å². The summed E-state index contributed by atoms with van der Waals surface area (Å²) in [7, 11) is 0. The lowest BCUT2D eigenvalue weighted by molar-refractivity contribution is -0.114. The first-order valence-electron chi connectivity index (χ1n) is 16.9. The highest BCUT2D eigenvalue weighted by Gasteiger charge is 2.29. The molecule has 4 aliphatic rings. The minimum atomic E-state index is -1.23. The average Bonchev–Trinajstić information content (AvgIpc) is 3.10. The van der Waals surface area contributed by atoms with Gasteiger partial charge in [0.2, 0.25) is 0 Å². The van der Waals surface area contributed by atoms with E-state index in [0.29, 0.717) is 40.5 Å². The Balaban J connectivity index is 1.31. The number of fused-ring (bicyclic) bond motifs is 1. The maximum Gasteiger partial charge on any atom is 0.275 e. The number of alkyl halides is 1. The Bertz CT molecular complexity index is 1610. The fraction of sp³-hybridized carbons (Fsp3) is 0.447. The van der Waals surface area contributed by atoms with Gasteiger partial charge in [0.15, 0.2) is 0 Å². The lowest BCUT2D eigenvalue weighted by Crippen LogP contribution is -2.40. The number of nitrogens with zero attached hydrogens (tertiary/aromatic N) is 3. The zero-order chi connectivity index (χ0) is 32.9. The van der Waals surface area contributed by atoms with Gasteiger partial charge >= 0.3 is 0 Å². The predicted molar refractivity (Wildman–Crippen MR) is 184 cm³/mol. The number of amides is 2. The molecule has 1 aliphatic carbocycles. The van der Waals surface area contributed by atoms with E-state index in [1.807, 2.05) is 19.9 Å². The summed E-state index contributed by atoms with van der Waals surface area (Å²) in [6, 6.07) is 13.1. The van der Waals surface area contributed by atoms with Crippen LogP contribution in [0.15, 0.2) is 76.3 Å². The van der Waals surface area contributed by atoms with Gasteiger partial charge in [0, 0.05) is 74.4 Å². The summed E-state index contributed by atoms with van der Waals surface area (Å²) >= 11 is 0. The van der Waals surface area contributed by atoms with Gasteiger partial charge in [-0.05, 0) is 85.2 Å². The number of halogens is 1. The van der Waals surface area contributed by atoms with Gasteiger partial charge in [-0.25, -0.2) is 9.38 Å². The summed E-state index contributed by atoms with van der Waals surface area (Å²) < 4.78 is 25.4. The Hall–Kier alpha value is -3.92. The second-order valence-electron chi connectivity index (χ2n) is 12.6. The van der Waals surface area contributed by atoms with E-state index in [-0.39, 0.29) is 12.5 Å². The van der Waals surface area contributed by atoms with Gasteiger partial charge in [-0.1, -0.05) is 37.3 Å². The van der Waals surface area contributed by atoms with E-state index >= 15 is 0 Å². The highest BCUT2D eigenvalue weighted by Crippen LogP contribution is 2.35. The van der Waals surface area contributed by atoms with Crippen LogP contribution in [0, 0.1) is 6.92 Å². The van der Waals surface area contributed by atoms with E-state index in [2.05, 4.69) is 57.4 Å². The van der Waals surface area contributed by atoms with Crippen LogP contribution in [0.3, 0.4) is 0 Å². The summed E-state index contributed by atoms with van der Waals surface area (Å²) in [5.74, 6) is -0.659. The molecule has 2 aromatic carbocycles. The molecule has 0 radical (unpaired) electrons. The first-order valence-corrected chi connectivity index (χ1v) is 16.9. The zero-order valence-corrected chi connectivity index (χ0v) is 27.7. The van der Waals surface area contributed by atoms with E-state index in [0.717, 1.165) is 87.8 Å². The summed E-state index contributed by atoms with van der Waals surface area (Å²) in [4.78, 5) is 36.1. The van der Waals surface area contributed by atoms with Crippen LogP contribution in [0.25, 0.3) is 11.1 Å². The van der Waals surface area contributed by atoms with Gasteiger partial charge in [-0.2, -0.15) is 0 Å². The average molecular weight is 641 g/mol. The first-order chi connectivity index (χ1) is 22.9. The van der Waals surface area contributed by atoms with Crippen LogP contribution in [-0.4, -0.2) is 87.2 Å². The number of hydrogen-bond donors (Lipinski definition) is 1. The molecule has 0 bridgehead atoms. The molecule has 2 fully saturated rings. The number of ether oxygens (including phenoxy) is 2. The van der Waals surface area contributed by atoms with E-state index in [4.69, 9.17) is 9.47 Å². The Kier molecular flexibility index (Phi) is 10.4. The van der Waals surface area contributed by atoms with Crippen molar-refractivity contribution in [1.82, 2.24) is 10.2 Å². The molecule has 1 atom stereocenters. The van der Waals surface area contributed by atoms with Crippen molar-refractivity contribution in [1.29, 1.82) is 0 Å². The molecule has 6 rings (SSSR count). The smallest absolute Gasteiger partial charge is 0.275 e. The number of aliphatic imine (C=N–C) groups is 1. The molecule has 1 unspecified atom stereocenters. The molecule has 2 saturated heterocycles. The molecule has 3 aliphatic heterocycles. The van der Waals surface area contributed by atoms with Crippen LogP contribution in [0.1, 0.15) is 54.6 Å². The predicted octanol–water partition coefficient (Wildman–Crippen LogP) is 5.75. The zero-order valence-electron chi connectivity index (χ0n) is 27.7. The molecule has 9 heteroatoms. The third kappa shape index (κ3) is 7.32. The normalized spacial score (nSPS) is 20.5. The lowest BCUT2D eigenvalue weighted by atomic mass is 9.87.